The SMILES string of the molecule is NCCCC[C@H](NC(=O)[C@@H]1CCCN1C(=O)[C@H](CCCCN)NC(=O)[C@@H](N)CCC(=O)O)C(=O)O. The molecule has 1 rings (SSSR count). The topological polar surface area (TPSA) is 231 Å². The number of unbranched alkanes of at least 4 members (excludes halogenated alkanes) is 2. The van der Waals surface area contributed by atoms with Crippen LogP contribution in [0.4, 0.5) is 0 Å². The minimum Gasteiger partial charge on any atom is -0.481 e. The van der Waals surface area contributed by atoms with Gasteiger partial charge in [-0.25, -0.2) is 4.79 Å². The van der Waals surface area contributed by atoms with Gasteiger partial charge in [0.15, 0.2) is 0 Å². The van der Waals surface area contributed by atoms with E-state index in [1.54, 1.807) is 0 Å². The minimum atomic E-state index is -1.16. The van der Waals surface area contributed by atoms with Crippen molar-refractivity contribution >= 4 is 29.7 Å². The Bertz CT molecular complexity index is 735. The molecule has 1 aliphatic heterocycles. The van der Waals surface area contributed by atoms with Crippen LogP contribution in [0.25, 0.3) is 0 Å². The van der Waals surface area contributed by atoms with Crippen molar-refractivity contribution in [2.24, 2.45) is 17.2 Å². The van der Waals surface area contributed by atoms with Crippen LogP contribution in [0.15, 0.2) is 0 Å². The van der Waals surface area contributed by atoms with Crippen molar-refractivity contribution in [3.63, 3.8) is 0 Å². The summed E-state index contributed by atoms with van der Waals surface area (Å²) in [6.07, 6.45) is 3.39. The van der Waals surface area contributed by atoms with Gasteiger partial charge in [0, 0.05) is 13.0 Å². The number of aliphatic carboxylic acids is 2. The third kappa shape index (κ3) is 10.6. The molecule has 35 heavy (non-hydrogen) atoms. The van der Waals surface area contributed by atoms with Crippen LogP contribution >= 0.6 is 0 Å². The summed E-state index contributed by atoms with van der Waals surface area (Å²) in [5, 5.41) is 23.4. The summed E-state index contributed by atoms with van der Waals surface area (Å²) in [7, 11) is 0. The second-order valence-electron chi connectivity index (χ2n) is 8.76. The molecular formula is C22H40N6O7. The number of carboxylic acids is 2. The molecule has 13 nitrogen and oxygen atoms in total. The third-order valence-electron chi connectivity index (χ3n) is 5.97. The fraction of sp³-hybridized carbons (Fsp3) is 0.773. The predicted molar refractivity (Wildman–Crippen MR) is 127 cm³/mol. The van der Waals surface area contributed by atoms with Gasteiger partial charge < -0.3 is 42.9 Å². The molecule has 4 atom stereocenters. The standard InChI is InChI=1S/C22H40N6O7/c23-11-3-1-6-15(26-19(31)14(25)9-10-18(29)30)21(33)28-13-5-8-17(28)20(32)27-16(22(34)35)7-2-4-12-24/h14-17H,1-13,23-25H2,(H,26,31)(H,27,32)(H,29,30)(H,34,35)/t14-,15-,16-,17-/m0/s1. The molecule has 3 amide bonds. The van der Waals surface area contributed by atoms with E-state index in [4.69, 9.17) is 22.3 Å². The Morgan fingerprint density at radius 3 is 2.03 bits per heavy atom. The quantitative estimate of drug-likeness (QED) is 0.114. The van der Waals surface area contributed by atoms with Crippen molar-refractivity contribution in [3.05, 3.63) is 0 Å². The lowest BCUT2D eigenvalue weighted by Crippen LogP contribution is -2.56. The summed E-state index contributed by atoms with van der Waals surface area (Å²) >= 11 is 0. The molecule has 0 saturated carbocycles. The maximum absolute atomic E-state index is 13.3. The van der Waals surface area contributed by atoms with Gasteiger partial charge in [0.2, 0.25) is 17.7 Å². The average molecular weight is 501 g/mol. The molecule has 1 saturated heterocycles. The number of nitrogens with zero attached hydrogens (tertiary/aromatic N) is 1. The molecule has 0 radical (unpaired) electrons. The number of amides is 3. The van der Waals surface area contributed by atoms with E-state index in [0.717, 1.165) is 0 Å². The van der Waals surface area contributed by atoms with E-state index < -0.39 is 53.8 Å². The van der Waals surface area contributed by atoms with Crippen molar-refractivity contribution in [2.75, 3.05) is 19.6 Å². The predicted octanol–water partition coefficient (Wildman–Crippen LogP) is -1.52. The van der Waals surface area contributed by atoms with E-state index in [1.807, 2.05) is 0 Å². The summed E-state index contributed by atoms with van der Waals surface area (Å²) in [5.41, 5.74) is 16.8. The number of nitrogens with one attached hydrogen (secondary N) is 2. The van der Waals surface area contributed by atoms with E-state index in [1.165, 1.54) is 4.90 Å². The number of hydrogen-bond acceptors (Lipinski definition) is 8. The Hall–Kier alpha value is -2.77. The number of rotatable bonds is 17. The van der Waals surface area contributed by atoms with Gasteiger partial charge in [0.25, 0.3) is 0 Å². The molecular weight excluding hydrogens is 460 g/mol. The lowest BCUT2D eigenvalue weighted by atomic mass is 10.0. The summed E-state index contributed by atoms with van der Waals surface area (Å²) < 4.78 is 0. The van der Waals surface area contributed by atoms with Gasteiger partial charge in [0.05, 0.1) is 6.04 Å². The Kier molecular flexibility index (Phi) is 13.8. The van der Waals surface area contributed by atoms with Crippen molar-refractivity contribution in [1.29, 1.82) is 0 Å². The van der Waals surface area contributed by atoms with E-state index in [9.17, 15) is 29.1 Å². The van der Waals surface area contributed by atoms with Crippen LogP contribution in [0, 0.1) is 0 Å². The third-order valence-corrected chi connectivity index (χ3v) is 5.97. The van der Waals surface area contributed by atoms with Gasteiger partial charge in [-0.15, -0.1) is 0 Å². The van der Waals surface area contributed by atoms with E-state index in [0.29, 0.717) is 51.6 Å². The lowest BCUT2D eigenvalue weighted by molar-refractivity contribution is -0.145. The number of hydrogen-bond donors (Lipinski definition) is 7. The Morgan fingerprint density at radius 1 is 0.886 bits per heavy atom. The summed E-state index contributed by atoms with van der Waals surface area (Å²) in [4.78, 5) is 62.4. The van der Waals surface area contributed by atoms with Crippen molar-refractivity contribution in [1.82, 2.24) is 15.5 Å². The van der Waals surface area contributed by atoms with Crippen LogP contribution < -0.4 is 27.8 Å². The molecule has 1 heterocycles. The highest BCUT2D eigenvalue weighted by molar-refractivity contribution is 5.94. The molecule has 200 valence electrons. The minimum absolute atomic E-state index is 0.0830. The largest absolute Gasteiger partial charge is 0.481 e. The average Bonchev–Trinajstić information content (AvgIpc) is 3.30. The van der Waals surface area contributed by atoms with E-state index in [-0.39, 0.29) is 32.2 Å². The van der Waals surface area contributed by atoms with Gasteiger partial charge in [-0.05, 0) is 70.9 Å². The fourth-order valence-electron chi connectivity index (χ4n) is 3.96. The highest BCUT2D eigenvalue weighted by Gasteiger charge is 2.39. The van der Waals surface area contributed by atoms with Gasteiger partial charge in [-0.1, -0.05) is 0 Å². The van der Waals surface area contributed by atoms with Crippen molar-refractivity contribution in [2.45, 2.75) is 88.4 Å². The molecule has 0 aromatic heterocycles. The lowest BCUT2D eigenvalue weighted by Gasteiger charge is -2.30. The molecule has 0 unspecified atom stereocenters. The highest BCUT2D eigenvalue weighted by Crippen LogP contribution is 2.20. The first kappa shape index (κ1) is 30.3. The Morgan fingerprint density at radius 2 is 1.49 bits per heavy atom. The van der Waals surface area contributed by atoms with Crippen LogP contribution in [-0.4, -0.2) is 88.6 Å². The molecule has 0 aromatic rings. The van der Waals surface area contributed by atoms with Crippen LogP contribution in [0.3, 0.4) is 0 Å². The second kappa shape index (κ2) is 16.0. The Labute approximate surface area is 205 Å². The van der Waals surface area contributed by atoms with Crippen molar-refractivity contribution < 1.29 is 34.2 Å². The van der Waals surface area contributed by atoms with Gasteiger partial charge >= 0.3 is 11.9 Å². The first-order chi connectivity index (χ1) is 16.6. The number of carbonyl (C=O) groups is 5. The van der Waals surface area contributed by atoms with Gasteiger partial charge in [0.1, 0.15) is 18.1 Å². The van der Waals surface area contributed by atoms with E-state index in [2.05, 4.69) is 10.6 Å². The normalized spacial score (nSPS) is 17.9. The van der Waals surface area contributed by atoms with E-state index >= 15 is 0 Å². The van der Waals surface area contributed by atoms with Crippen LogP contribution in [0.1, 0.15) is 64.2 Å². The number of carboxylic acid groups (broad SMARTS) is 2. The fourth-order valence-corrected chi connectivity index (χ4v) is 3.96. The van der Waals surface area contributed by atoms with Gasteiger partial charge in [-0.3, -0.25) is 19.2 Å². The highest BCUT2D eigenvalue weighted by atomic mass is 16.4. The first-order valence-electron chi connectivity index (χ1n) is 12.1. The zero-order valence-electron chi connectivity index (χ0n) is 20.1. The zero-order chi connectivity index (χ0) is 26.4. The molecule has 1 fully saturated rings. The first-order valence-corrected chi connectivity index (χ1v) is 12.1. The van der Waals surface area contributed by atoms with Crippen LogP contribution in [0.5, 0.6) is 0 Å². The number of nitrogens with two attached hydrogens (primary N) is 3. The molecule has 0 aliphatic carbocycles. The smallest absolute Gasteiger partial charge is 0.326 e. The molecule has 0 aromatic carbocycles. The van der Waals surface area contributed by atoms with Crippen LogP contribution in [-0.2, 0) is 24.0 Å². The molecule has 1 aliphatic rings. The molecule has 0 spiro atoms. The summed E-state index contributed by atoms with van der Waals surface area (Å²) in [6, 6.07) is -4.00. The maximum Gasteiger partial charge on any atom is 0.326 e. The molecule has 10 N–H and O–H groups in total. The Balaban J connectivity index is 2.89. The molecule has 0 bridgehead atoms. The van der Waals surface area contributed by atoms with Crippen LogP contribution in [0.2, 0.25) is 0 Å². The molecule has 13 heteroatoms. The maximum atomic E-state index is 13.3. The van der Waals surface area contributed by atoms with Gasteiger partial charge in [-0.2, -0.15) is 0 Å². The monoisotopic (exact) mass is 500 g/mol. The number of likely N-dealkylation sites (tertiary alicyclic amines) is 1. The summed E-state index contributed by atoms with van der Waals surface area (Å²) in [5.74, 6) is -3.91. The zero-order valence-corrected chi connectivity index (χ0v) is 20.1. The second-order valence-corrected chi connectivity index (χ2v) is 8.76. The summed E-state index contributed by atoms with van der Waals surface area (Å²) in [6.45, 7) is 1.11. The number of carbonyl (C=O) groups excluding carboxylic acids is 3. The van der Waals surface area contributed by atoms with Crippen molar-refractivity contribution in [3.8, 4) is 0 Å².